The van der Waals surface area contributed by atoms with E-state index in [1.807, 2.05) is 30.0 Å². The molecule has 1 fully saturated rings. The molecule has 0 aliphatic carbocycles. The van der Waals surface area contributed by atoms with E-state index >= 15 is 0 Å². The molecule has 3 rings (SSSR count). The van der Waals surface area contributed by atoms with Crippen LogP contribution in [0.4, 0.5) is 0 Å². The molecule has 2 aromatic rings. The number of nitrogens with two attached hydrogens (primary N) is 1. The van der Waals surface area contributed by atoms with E-state index < -0.39 is 0 Å². The molecule has 1 amide bonds. The minimum absolute atomic E-state index is 0. The van der Waals surface area contributed by atoms with E-state index in [1.165, 1.54) is 0 Å². The molecular formula is C17H25Cl2N5O2. The number of carbonyl (C=O) groups excluding carboxylic acids is 1. The van der Waals surface area contributed by atoms with Gasteiger partial charge in [0.05, 0.1) is 0 Å². The third-order valence-corrected chi connectivity index (χ3v) is 4.35. The average Bonchev–Trinajstić information content (AvgIpc) is 3.10. The Morgan fingerprint density at radius 2 is 2.08 bits per heavy atom. The van der Waals surface area contributed by atoms with Crippen LogP contribution in [0.1, 0.15) is 44.4 Å². The lowest BCUT2D eigenvalue weighted by atomic mass is 9.96. The van der Waals surface area contributed by atoms with Gasteiger partial charge < -0.3 is 15.2 Å². The zero-order valence-corrected chi connectivity index (χ0v) is 16.3. The second-order valence-corrected chi connectivity index (χ2v) is 6.34. The normalized spacial score (nSPS) is 15.7. The molecule has 1 saturated heterocycles. The summed E-state index contributed by atoms with van der Waals surface area (Å²) in [7, 11) is 0. The van der Waals surface area contributed by atoms with Gasteiger partial charge in [-0.2, -0.15) is 4.98 Å². The number of pyridine rings is 1. The Kier molecular flexibility index (Phi) is 8.98. The fourth-order valence-electron chi connectivity index (χ4n) is 2.89. The first-order chi connectivity index (χ1) is 11.6. The molecule has 9 heteroatoms. The number of piperidine rings is 1. The van der Waals surface area contributed by atoms with E-state index in [0.717, 1.165) is 32.4 Å². The lowest BCUT2D eigenvalue weighted by Crippen LogP contribution is -2.38. The lowest BCUT2D eigenvalue weighted by Gasteiger charge is -2.30. The minimum atomic E-state index is 0. The van der Waals surface area contributed by atoms with E-state index in [-0.39, 0.29) is 42.7 Å². The van der Waals surface area contributed by atoms with E-state index in [1.54, 1.807) is 6.20 Å². The van der Waals surface area contributed by atoms with Gasteiger partial charge in [0.25, 0.3) is 0 Å². The van der Waals surface area contributed by atoms with Crippen LogP contribution in [0.2, 0.25) is 0 Å². The zero-order valence-electron chi connectivity index (χ0n) is 14.7. The first-order valence-corrected chi connectivity index (χ1v) is 8.42. The fourth-order valence-corrected chi connectivity index (χ4v) is 2.89. The monoisotopic (exact) mass is 401 g/mol. The average molecular weight is 402 g/mol. The Morgan fingerprint density at radius 3 is 2.69 bits per heavy atom. The van der Waals surface area contributed by atoms with Gasteiger partial charge in [-0.1, -0.05) is 11.2 Å². The molecule has 0 bridgehead atoms. The van der Waals surface area contributed by atoms with Gasteiger partial charge >= 0.3 is 0 Å². The van der Waals surface area contributed by atoms with Crippen molar-refractivity contribution in [2.75, 3.05) is 13.1 Å². The number of nitrogens with zero attached hydrogens (tertiary/aromatic N) is 4. The number of likely N-dealkylation sites (tertiary alicyclic amines) is 1. The van der Waals surface area contributed by atoms with Crippen LogP contribution in [0.15, 0.2) is 28.9 Å². The van der Waals surface area contributed by atoms with Gasteiger partial charge in [-0.25, -0.2) is 0 Å². The minimum Gasteiger partial charge on any atom is -0.343 e. The van der Waals surface area contributed by atoms with Crippen LogP contribution >= 0.6 is 24.8 Å². The molecule has 2 N–H and O–H groups in total. The van der Waals surface area contributed by atoms with Crippen LogP contribution in [-0.2, 0) is 4.79 Å². The molecular weight excluding hydrogens is 377 g/mol. The Morgan fingerprint density at radius 1 is 1.35 bits per heavy atom. The SMILES string of the molecule is CC(N)CCC(=O)N1CCC(c2nc(-c3ccccn3)no2)CC1.Cl.Cl. The molecule has 26 heavy (non-hydrogen) atoms. The van der Waals surface area contributed by atoms with Gasteiger partial charge in [-0.3, -0.25) is 9.78 Å². The second-order valence-electron chi connectivity index (χ2n) is 6.34. The number of amides is 1. The summed E-state index contributed by atoms with van der Waals surface area (Å²) in [6, 6.07) is 5.66. The van der Waals surface area contributed by atoms with Crippen molar-refractivity contribution in [3.05, 3.63) is 30.3 Å². The van der Waals surface area contributed by atoms with Gasteiger partial charge in [0.15, 0.2) is 0 Å². The lowest BCUT2D eigenvalue weighted by molar-refractivity contribution is -0.132. The summed E-state index contributed by atoms with van der Waals surface area (Å²) in [6.45, 7) is 3.38. The quantitative estimate of drug-likeness (QED) is 0.826. The van der Waals surface area contributed by atoms with Crippen molar-refractivity contribution in [1.29, 1.82) is 0 Å². The fraction of sp³-hybridized carbons (Fsp3) is 0.529. The molecule has 0 spiro atoms. The number of hydrogen-bond donors (Lipinski definition) is 1. The third-order valence-electron chi connectivity index (χ3n) is 4.35. The first-order valence-electron chi connectivity index (χ1n) is 8.42. The molecule has 7 nitrogen and oxygen atoms in total. The van der Waals surface area contributed by atoms with Crippen molar-refractivity contribution in [1.82, 2.24) is 20.0 Å². The highest BCUT2D eigenvalue weighted by Gasteiger charge is 2.27. The van der Waals surface area contributed by atoms with Crippen molar-refractivity contribution in [3.63, 3.8) is 0 Å². The number of aromatic nitrogens is 3. The van der Waals surface area contributed by atoms with Crippen molar-refractivity contribution in [2.24, 2.45) is 5.73 Å². The maximum atomic E-state index is 12.1. The second kappa shape index (κ2) is 10.4. The molecule has 1 aliphatic rings. The van der Waals surface area contributed by atoms with Crippen molar-refractivity contribution >= 4 is 30.7 Å². The van der Waals surface area contributed by atoms with Gasteiger partial charge in [0.2, 0.25) is 17.6 Å². The molecule has 0 radical (unpaired) electrons. The summed E-state index contributed by atoms with van der Waals surface area (Å²) in [4.78, 5) is 22.8. The van der Waals surface area contributed by atoms with E-state index in [2.05, 4.69) is 15.1 Å². The number of rotatable bonds is 5. The van der Waals surface area contributed by atoms with Crippen LogP contribution in [0.5, 0.6) is 0 Å². The molecule has 0 aromatic carbocycles. The van der Waals surface area contributed by atoms with Crippen LogP contribution in [0.25, 0.3) is 11.5 Å². The van der Waals surface area contributed by atoms with E-state index in [9.17, 15) is 4.79 Å². The number of halogens is 2. The summed E-state index contributed by atoms with van der Waals surface area (Å²) in [6.07, 6.45) is 4.64. The number of hydrogen-bond acceptors (Lipinski definition) is 6. The van der Waals surface area contributed by atoms with E-state index in [4.69, 9.17) is 10.3 Å². The molecule has 0 saturated carbocycles. The van der Waals surface area contributed by atoms with Crippen LogP contribution in [0, 0.1) is 0 Å². The van der Waals surface area contributed by atoms with Crippen LogP contribution in [-0.4, -0.2) is 45.1 Å². The van der Waals surface area contributed by atoms with Gasteiger partial charge in [0.1, 0.15) is 5.69 Å². The smallest absolute Gasteiger partial charge is 0.230 e. The molecule has 1 atom stereocenters. The predicted octanol–water partition coefficient (Wildman–Crippen LogP) is 2.81. The highest BCUT2D eigenvalue weighted by molar-refractivity contribution is 5.85. The summed E-state index contributed by atoms with van der Waals surface area (Å²) >= 11 is 0. The van der Waals surface area contributed by atoms with Crippen molar-refractivity contribution in [2.45, 2.75) is 44.6 Å². The highest BCUT2D eigenvalue weighted by atomic mass is 35.5. The summed E-state index contributed by atoms with van der Waals surface area (Å²) in [5.74, 6) is 1.54. The van der Waals surface area contributed by atoms with Crippen LogP contribution < -0.4 is 5.73 Å². The first kappa shape index (κ1) is 22.3. The van der Waals surface area contributed by atoms with Gasteiger partial charge in [-0.05, 0) is 38.3 Å². The Balaban J connectivity index is 0.00000169. The predicted molar refractivity (Wildman–Crippen MR) is 103 cm³/mol. The van der Waals surface area contributed by atoms with Crippen molar-refractivity contribution in [3.8, 4) is 11.5 Å². The maximum Gasteiger partial charge on any atom is 0.230 e. The zero-order chi connectivity index (χ0) is 16.9. The molecule has 3 heterocycles. The van der Waals surface area contributed by atoms with Crippen molar-refractivity contribution < 1.29 is 9.32 Å². The van der Waals surface area contributed by atoms with Gasteiger partial charge in [-0.15, -0.1) is 24.8 Å². The molecule has 1 unspecified atom stereocenters. The largest absolute Gasteiger partial charge is 0.343 e. The molecule has 2 aromatic heterocycles. The summed E-state index contributed by atoms with van der Waals surface area (Å²) in [5, 5.41) is 4.02. The Bertz CT molecular complexity index is 673. The summed E-state index contributed by atoms with van der Waals surface area (Å²) < 4.78 is 5.41. The standard InChI is InChI=1S/C17H23N5O2.2ClH/c1-12(18)5-6-15(23)22-10-7-13(8-11-22)17-20-16(21-24-17)14-4-2-3-9-19-14;;/h2-4,9,12-13H,5-8,10-11,18H2,1H3;2*1H. The third kappa shape index (κ3) is 5.65. The Labute approximate surface area is 165 Å². The van der Waals surface area contributed by atoms with E-state index in [0.29, 0.717) is 23.8 Å². The Hall–Kier alpha value is -1.70. The highest BCUT2D eigenvalue weighted by Crippen LogP contribution is 2.28. The molecule has 144 valence electrons. The maximum absolute atomic E-state index is 12.1. The molecule has 1 aliphatic heterocycles. The van der Waals surface area contributed by atoms with Gasteiger partial charge in [0, 0.05) is 37.7 Å². The number of carbonyl (C=O) groups is 1. The van der Waals surface area contributed by atoms with Crippen LogP contribution in [0.3, 0.4) is 0 Å². The summed E-state index contributed by atoms with van der Waals surface area (Å²) in [5.41, 5.74) is 6.42. The topological polar surface area (TPSA) is 98.1 Å².